The van der Waals surface area contributed by atoms with E-state index in [4.69, 9.17) is 0 Å². The molecule has 0 amide bonds. The number of rotatable bonds is 4. The van der Waals surface area contributed by atoms with Crippen molar-refractivity contribution in [3.8, 4) is 0 Å². The number of anilines is 2. The van der Waals surface area contributed by atoms with E-state index < -0.39 is 0 Å². The third-order valence-corrected chi connectivity index (χ3v) is 4.96. The first-order chi connectivity index (χ1) is 12.6. The fourth-order valence-electron chi connectivity index (χ4n) is 2.85. The zero-order valence-corrected chi connectivity index (χ0v) is 15.2. The van der Waals surface area contributed by atoms with Gasteiger partial charge in [-0.2, -0.15) is 0 Å². The van der Waals surface area contributed by atoms with E-state index in [1.807, 2.05) is 30.3 Å². The first kappa shape index (κ1) is 16.4. The Balaban J connectivity index is 1.61. The predicted molar refractivity (Wildman–Crippen MR) is 104 cm³/mol. The number of para-hydroxylation sites is 2. The van der Waals surface area contributed by atoms with Crippen molar-refractivity contribution in [2.75, 3.05) is 5.32 Å². The molecule has 0 aliphatic carbocycles. The van der Waals surface area contributed by atoms with Crippen LogP contribution >= 0.6 is 11.3 Å². The van der Waals surface area contributed by atoms with Gasteiger partial charge in [0.2, 0.25) is 5.13 Å². The third-order valence-electron chi connectivity index (χ3n) is 4.14. The number of hydrogen-bond donors (Lipinski definition) is 1. The van der Waals surface area contributed by atoms with Gasteiger partial charge in [-0.1, -0.05) is 41.2 Å². The van der Waals surface area contributed by atoms with Gasteiger partial charge in [-0.25, -0.2) is 4.98 Å². The zero-order chi connectivity index (χ0) is 18.1. The Morgan fingerprint density at radius 2 is 1.96 bits per heavy atom. The van der Waals surface area contributed by atoms with Crippen LogP contribution in [0.3, 0.4) is 0 Å². The molecule has 2 aromatic carbocycles. The molecule has 0 fully saturated rings. The predicted octanol–water partition coefficient (Wildman–Crippen LogP) is 3.66. The van der Waals surface area contributed by atoms with Crippen molar-refractivity contribution < 1.29 is 0 Å². The van der Waals surface area contributed by atoms with E-state index in [1.165, 1.54) is 23.1 Å². The summed E-state index contributed by atoms with van der Waals surface area (Å²) in [6.45, 7) is 4.49. The highest BCUT2D eigenvalue weighted by Gasteiger charge is 2.10. The molecule has 0 aliphatic heterocycles. The molecule has 2 heterocycles. The van der Waals surface area contributed by atoms with Gasteiger partial charge in [-0.05, 0) is 37.6 Å². The van der Waals surface area contributed by atoms with Crippen molar-refractivity contribution in [2.45, 2.75) is 20.4 Å². The monoisotopic (exact) mass is 363 g/mol. The first-order valence-electron chi connectivity index (χ1n) is 8.21. The van der Waals surface area contributed by atoms with Crippen molar-refractivity contribution in [3.63, 3.8) is 0 Å². The lowest BCUT2D eigenvalue weighted by atomic mass is 10.1. The van der Waals surface area contributed by atoms with Crippen molar-refractivity contribution in [3.05, 3.63) is 75.1 Å². The molecule has 130 valence electrons. The number of fused-ring (bicyclic) bond motifs is 1. The molecule has 0 unspecified atom stereocenters. The van der Waals surface area contributed by atoms with Crippen LogP contribution in [-0.4, -0.2) is 19.7 Å². The van der Waals surface area contributed by atoms with Crippen LogP contribution in [0.15, 0.2) is 53.5 Å². The Morgan fingerprint density at radius 3 is 2.81 bits per heavy atom. The summed E-state index contributed by atoms with van der Waals surface area (Å²) in [6.07, 6.45) is 1.35. The summed E-state index contributed by atoms with van der Waals surface area (Å²) in [6, 6.07) is 13.8. The van der Waals surface area contributed by atoms with Gasteiger partial charge in [0.05, 0.1) is 23.8 Å². The van der Waals surface area contributed by atoms with Gasteiger partial charge >= 0.3 is 0 Å². The van der Waals surface area contributed by atoms with Crippen molar-refractivity contribution in [1.29, 1.82) is 0 Å². The largest absolute Gasteiger partial charge is 0.330 e. The van der Waals surface area contributed by atoms with Crippen molar-refractivity contribution in [1.82, 2.24) is 19.7 Å². The first-order valence-corrected chi connectivity index (χ1v) is 9.03. The van der Waals surface area contributed by atoms with Gasteiger partial charge < -0.3 is 5.32 Å². The summed E-state index contributed by atoms with van der Waals surface area (Å²) >= 11 is 1.44. The number of aromatic nitrogens is 4. The molecule has 26 heavy (non-hydrogen) atoms. The normalized spacial score (nSPS) is 11.0. The van der Waals surface area contributed by atoms with E-state index in [0.29, 0.717) is 11.7 Å². The van der Waals surface area contributed by atoms with Gasteiger partial charge in [0, 0.05) is 5.69 Å². The molecule has 4 aromatic rings. The van der Waals surface area contributed by atoms with Crippen LogP contribution in [0.25, 0.3) is 11.0 Å². The molecular formula is C19H17N5OS. The van der Waals surface area contributed by atoms with Crippen LogP contribution in [-0.2, 0) is 6.54 Å². The van der Waals surface area contributed by atoms with Crippen molar-refractivity contribution in [2.24, 2.45) is 0 Å². The van der Waals surface area contributed by atoms with Crippen LogP contribution in [0, 0.1) is 13.8 Å². The average molecular weight is 363 g/mol. The molecule has 2 aromatic heterocycles. The lowest BCUT2D eigenvalue weighted by Gasteiger charge is -2.07. The smallest absolute Gasteiger partial charge is 0.269 e. The van der Waals surface area contributed by atoms with Crippen LogP contribution in [0.2, 0.25) is 0 Å². The van der Waals surface area contributed by atoms with Gasteiger partial charge in [0.1, 0.15) is 5.01 Å². The third kappa shape index (κ3) is 3.21. The molecule has 4 rings (SSSR count). The molecule has 0 saturated heterocycles. The Morgan fingerprint density at radius 1 is 1.12 bits per heavy atom. The summed E-state index contributed by atoms with van der Waals surface area (Å²) < 4.78 is 1.67. The molecule has 0 radical (unpaired) electrons. The van der Waals surface area contributed by atoms with E-state index in [9.17, 15) is 4.79 Å². The minimum absolute atomic E-state index is 0.150. The Hall–Kier alpha value is -3.06. The second-order valence-corrected chi connectivity index (χ2v) is 7.18. The van der Waals surface area contributed by atoms with E-state index in [-0.39, 0.29) is 5.56 Å². The molecule has 7 heteroatoms. The fourth-order valence-corrected chi connectivity index (χ4v) is 3.59. The fraction of sp³-hybridized carbons (Fsp3) is 0.158. The van der Waals surface area contributed by atoms with Crippen LogP contribution in [0.4, 0.5) is 10.8 Å². The van der Waals surface area contributed by atoms with E-state index >= 15 is 0 Å². The maximum absolute atomic E-state index is 12.3. The summed E-state index contributed by atoms with van der Waals surface area (Å²) in [4.78, 5) is 16.4. The number of hydrogen-bond acceptors (Lipinski definition) is 6. The van der Waals surface area contributed by atoms with Crippen molar-refractivity contribution >= 4 is 33.2 Å². The zero-order valence-electron chi connectivity index (χ0n) is 14.4. The van der Waals surface area contributed by atoms with Gasteiger partial charge in [0.15, 0.2) is 0 Å². The number of nitrogens with zero attached hydrogens (tertiary/aromatic N) is 4. The van der Waals surface area contributed by atoms with E-state index in [1.54, 1.807) is 4.57 Å². The number of nitrogens with one attached hydrogen (secondary N) is 1. The highest BCUT2D eigenvalue weighted by atomic mass is 32.1. The minimum atomic E-state index is -0.150. The highest BCUT2D eigenvalue weighted by Crippen LogP contribution is 2.24. The van der Waals surface area contributed by atoms with E-state index in [2.05, 4.69) is 46.5 Å². The Bertz CT molecular complexity index is 1150. The molecule has 0 saturated carbocycles. The lowest BCUT2D eigenvalue weighted by Crippen LogP contribution is -2.20. The molecule has 0 spiro atoms. The second kappa shape index (κ2) is 6.68. The van der Waals surface area contributed by atoms with Gasteiger partial charge in [-0.15, -0.1) is 10.2 Å². The Labute approximate surface area is 154 Å². The quantitative estimate of drug-likeness (QED) is 0.599. The molecule has 6 nitrogen and oxygen atoms in total. The standard InChI is InChI=1S/C19H17N5OS/c1-12-7-8-14(13(2)9-12)21-19-23-22-17(26-19)11-24-16-6-4-3-5-15(16)20-10-18(24)25/h3-10H,11H2,1-2H3,(H,21,23). The SMILES string of the molecule is Cc1ccc(Nc2nnc(Cn3c(=O)cnc4ccccc43)s2)c(C)c1. The highest BCUT2D eigenvalue weighted by molar-refractivity contribution is 7.15. The molecule has 0 atom stereocenters. The number of benzene rings is 2. The maximum Gasteiger partial charge on any atom is 0.269 e. The van der Waals surface area contributed by atoms with Gasteiger partial charge in [0.25, 0.3) is 5.56 Å². The average Bonchev–Trinajstić information content (AvgIpc) is 3.07. The van der Waals surface area contributed by atoms with Crippen LogP contribution in [0.1, 0.15) is 16.1 Å². The van der Waals surface area contributed by atoms with Crippen LogP contribution in [0.5, 0.6) is 0 Å². The summed E-state index contributed by atoms with van der Waals surface area (Å²) in [5, 5.41) is 13.2. The van der Waals surface area contributed by atoms with Crippen LogP contribution < -0.4 is 10.9 Å². The maximum atomic E-state index is 12.3. The molecular weight excluding hydrogens is 346 g/mol. The van der Waals surface area contributed by atoms with E-state index in [0.717, 1.165) is 27.3 Å². The Kier molecular flexibility index (Phi) is 4.22. The minimum Gasteiger partial charge on any atom is -0.330 e. The molecule has 1 N–H and O–H groups in total. The second-order valence-electron chi connectivity index (χ2n) is 6.12. The van der Waals surface area contributed by atoms with Gasteiger partial charge in [-0.3, -0.25) is 9.36 Å². The number of aryl methyl sites for hydroxylation is 2. The summed E-state index contributed by atoms with van der Waals surface area (Å²) in [5.41, 5.74) is 4.80. The molecule has 0 bridgehead atoms. The lowest BCUT2D eigenvalue weighted by molar-refractivity contribution is 0.769. The summed E-state index contributed by atoms with van der Waals surface area (Å²) in [7, 11) is 0. The topological polar surface area (TPSA) is 72.7 Å². The molecule has 0 aliphatic rings. The summed E-state index contributed by atoms with van der Waals surface area (Å²) in [5.74, 6) is 0.